The molecule has 0 saturated carbocycles. The quantitative estimate of drug-likeness (QED) is 0.451. The van der Waals surface area contributed by atoms with Gasteiger partial charge in [-0.2, -0.15) is 8.78 Å². The summed E-state index contributed by atoms with van der Waals surface area (Å²) < 4.78 is 45.7. The fraction of sp³-hybridized carbons (Fsp3) is 0.118. The lowest BCUT2D eigenvalue weighted by molar-refractivity contribution is 0.112. The first kappa shape index (κ1) is 18.0. The molecule has 0 bridgehead atoms. The highest BCUT2D eigenvalue weighted by atomic mass is 32.1. The Labute approximate surface area is 159 Å². The number of nitrogens with zero attached hydrogens (tertiary/aromatic N) is 5. The van der Waals surface area contributed by atoms with Gasteiger partial charge in [0.05, 0.1) is 17.6 Å². The summed E-state index contributed by atoms with van der Waals surface area (Å²) in [5, 5.41) is 16.5. The molecule has 0 aliphatic carbocycles. The van der Waals surface area contributed by atoms with Gasteiger partial charge in [-0.25, -0.2) is 9.07 Å². The molecule has 3 aromatic heterocycles. The van der Waals surface area contributed by atoms with Crippen LogP contribution in [0.15, 0.2) is 40.3 Å². The number of benzene rings is 1. The molecule has 0 unspecified atom stereocenters. The van der Waals surface area contributed by atoms with Crippen LogP contribution in [-0.4, -0.2) is 31.5 Å². The van der Waals surface area contributed by atoms with E-state index < -0.39 is 18.1 Å². The summed E-state index contributed by atoms with van der Waals surface area (Å²) >= 11 is 1.29. The van der Waals surface area contributed by atoms with Crippen LogP contribution >= 0.6 is 11.3 Å². The van der Waals surface area contributed by atoms with Gasteiger partial charge in [0.1, 0.15) is 11.5 Å². The third-order valence-electron chi connectivity index (χ3n) is 3.83. The third kappa shape index (κ3) is 3.56. The first-order valence-corrected chi connectivity index (χ1v) is 8.76. The molecule has 1 aromatic carbocycles. The molecule has 0 aliphatic heterocycles. The van der Waals surface area contributed by atoms with Gasteiger partial charge in [0, 0.05) is 22.1 Å². The van der Waals surface area contributed by atoms with Crippen LogP contribution < -0.4 is 0 Å². The zero-order valence-electron chi connectivity index (χ0n) is 13.9. The van der Waals surface area contributed by atoms with E-state index in [2.05, 4.69) is 20.5 Å². The van der Waals surface area contributed by atoms with Crippen LogP contribution in [0.4, 0.5) is 13.2 Å². The third-order valence-corrected chi connectivity index (χ3v) is 4.69. The molecule has 4 rings (SSSR count). The normalized spacial score (nSPS) is 11.3. The minimum atomic E-state index is -2.89. The Morgan fingerprint density at radius 2 is 2.04 bits per heavy atom. The standard InChI is InChI=1S/C17H10F3N5O2S/c18-13-4-9(16-22-23-17(27-16)15(19)20)1-2-10(13)5-25-6-14(21-24-25)11-3-12(7-26)28-8-11/h1-4,6-8,15H,5H2. The molecule has 0 saturated heterocycles. The Balaban J connectivity index is 1.53. The van der Waals surface area contributed by atoms with Crippen LogP contribution in [-0.2, 0) is 6.54 Å². The lowest BCUT2D eigenvalue weighted by atomic mass is 10.1. The van der Waals surface area contributed by atoms with Gasteiger partial charge in [0.15, 0.2) is 6.29 Å². The van der Waals surface area contributed by atoms with Crippen LogP contribution in [0.3, 0.4) is 0 Å². The Bertz CT molecular complexity index is 1140. The minimum absolute atomic E-state index is 0.107. The van der Waals surface area contributed by atoms with E-state index in [4.69, 9.17) is 4.42 Å². The average molecular weight is 405 g/mol. The van der Waals surface area contributed by atoms with Gasteiger partial charge in [0.25, 0.3) is 5.89 Å². The summed E-state index contributed by atoms with van der Waals surface area (Å²) in [5.41, 5.74) is 1.82. The SMILES string of the molecule is O=Cc1cc(-c2cn(Cc3ccc(-c4nnc(C(F)F)o4)cc3F)nn2)cs1. The fourth-order valence-electron chi connectivity index (χ4n) is 2.48. The molecule has 0 aliphatic rings. The van der Waals surface area contributed by atoms with Gasteiger partial charge in [-0.1, -0.05) is 11.3 Å². The Hall–Kier alpha value is -3.34. The van der Waals surface area contributed by atoms with Crippen LogP contribution in [0, 0.1) is 5.82 Å². The minimum Gasteiger partial charge on any atom is -0.415 e. The van der Waals surface area contributed by atoms with Crippen molar-refractivity contribution in [3.8, 4) is 22.7 Å². The maximum absolute atomic E-state index is 14.4. The predicted molar refractivity (Wildman–Crippen MR) is 92.5 cm³/mol. The van der Waals surface area contributed by atoms with Crippen molar-refractivity contribution in [3.05, 3.63) is 58.0 Å². The zero-order valence-corrected chi connectivity index (χ0v) is 14.7. The number of aldehydes is 1. The van der Waals surface area contributed by atoms with Crippen LogP contribution in [0.2, 0.25) is 0 Å². The maximum atomic E-state index is 14.4. The number of hydrogen-bond donors (Lipinski definition) is 0. The second-order valence-electron chi connectivity index (χ2n) is 5.71. The first-order chi connectivity index (χ1) is 13.5. The van der Waals surface area contributed by atoms with Crippen molar-refractivity contribution in [3.63, 3.8) is 0 Å². The number of carbonyl (C=O) groups is 1. The molecule has 0 fully saturated rings. The molecule has 142 valence electrons. The lowest BCUT2D eigenvalue weighted by Gasteiger charge is -2.04. The van der Waals surface area contributed by atoms with Crippen molar-refractivity contribution in [1.29, 1.82) is 0 Å². The van der Waals surface area contributed by atoms with Gasteiger partial charge in [-0.05, 0) is 18.2 Å². The van der Waals surface area contributed by atoms with E-state index in [0.29, 0.717) is 16.1 Å². The van der Waals surface area contributed by atoms with E-state index in [-0.39, 0.29) is 18.0 Å². The monoisotopic (exact) mass is 405 g/mol. The molecule has 4 aromatic rings. The van der Waals surface area contributed by atoms with Crippen molar-refractivity contribution in [1.82, 2.24) is 25.2 Å². The Morgan fingerprint density at radius 3 is 2.71 bits per heavy atom. The van der Waals surface area contributed by atoms with E-state index in [1.165, 1.54) is 28.2 Å². The first-order valence-electron chi connectivity index (χ1n) is 7.88. The molecule has 11 heteroatoms. The van der Waals surface area contributed by atoms with E-state index in [1.807, 2.05) is 0 Å². The number of carbonyl (C=O) groups excluding carboxylic acids is 1. The summed E-state index contributed by atoms with van der Waals surface area (Å²) in [5.74, 6) is -1.59. The van der Waals surface area contributed by atoms with E-state index in [1.54, 1.807) is 17.6 Å². The lowest BCUT2D eigenvalue weighted by Crippen LogP contribution is -2.03. The number of alkyl halides is 2. The van der Waals surface area contributed by atoms with Crippen molar-refractivity contribution < 1.29 is 22.4 Å². The Morgan fingerprint density at radius 1 is 1.18 bits per heavy atom. The fourth-order valence-corrected chi connectivity index (χ4v) is 3.18. The van der Waals surface area contributed by atoms with Crippen LogP contribution in [0.1, 0.15) is 27.6 Å². The van der Waals surface area contributed by atoms with Gasteiger partial charge >= 0.3 is 6.43 Å². The number of thiophene rings is 1. The highest BCUT2D eigenvalue weighted by molar-refractivity contribution is 7.12. The molecule has 0 amide bonds. The van der Waals surface area contributed by atoms with Crippen molar-refractivity contribution in [2.24, 2.45) is 0 Å². The molecule has 7 nitrogen and oxygen atoms in total. The molecule has 0 spiro atoms. The van der Waals surface area contributed by atoms with Crippen LogP contribution in [0.25, 0.3) is 22.7 Å². The number of halogens is 3. The summed E-state index contributed by atoms with van der Waals surface area (Å²) in [7, 11) is 0. The molecule has 0 N–H and O–H groups in total. The zero-order chi connectivity index (χ0) is 19.7. The van der Waals surface area contributed by atoms with Crippen molar-refractivity contribution >= 4 is 17.6 Å². The summed E-state index contributed by atoms with van der Waals surface area (Å²) in [6.45, 7) is 0.107. The Kier molecular flexibility index (Phi) is 4.74. The van der Waals surface area contributed by atoms with Gasteiger partial charge in [-0.15, -0.1) is 26.6 Å². The van der Waals surface area contributed by atoms with Gasteiger partial charge < -0.3 is 4.42 Å². The van der Waals surface area contributed by atoms with E-state index in [0.717, 1.165) is 17.9 Å². The summed E-state index contributed by atoms with van der Waals surface area (Å²) in [6, 6.07) is 5.80. The largest absolute Gasteiger partial charge is 0.415 e. The van der Waals surface area contributed by atoms with E-state index >= 15 is 0 Å². The summed E-state index contributed by atoms with van der Waals surface area (Å²) in [6.07, 6.45) is -0.502. The topological polar surface area (TPSA) is 86.7 Å². The predicted octanol–water partition coefficient (Wildman–Crippen LogP) is 3.99. The second kappa shape index (κ2) is 7.35. The summed E-state index contributed by atoms with van der Waals surface area (Å²) in [4.78, 5) is 11.3. The molecular formula is C17H10F3N5O2S. The van der Waals surface area contributed by atoms with Crippen molar-refractivity contribution in [2.45, 2.75) is 13.0 Å². The smallest absolute Gasteiger partial charge is 0.314 e. The van der Waals surface area contributed by atoms with Crippen molar-refractivity contribution in [2.75, 3.05) is 0 Å². The number of aromatic nitrogens is 5. The van der Waals surface area contributed by atoms with Gasteiger partial charge in [-0.3, -0.25) is 4.79 Å². The maximum Gasteiger partial charge on any atom is 0.314 e. The highest BCUT2D eigenvalue weighted by Crippen LogP contribution is 2.26. The molecule has 0 radical (unpaired) electrons. The number of rotatable bonds is 6. The highest BCUT2D eigenvalue weighted by Gasteiger charge is 2.18. The van der Waals surface area contributed by atoms with E-state index in [9.17, 15) is 18.0 Å². The number of hydrogen-bond acceptors (Lipinski definition) is 7. The molecule has 0 atom stereocenters. The van der Waals surface area contributed by atoms with Crippen LogP contribution in [0.5, 0.6) is 0 Å². The van der Waals surface area contributed by atoms with Gasteiger partial charge in [0.2, 0.25) is 5.89 Å². The average Bonchev–Trinajstić information content (AvgIpc) is 3.43. The molecule has 3 heterocycles. The molecular weight excluding hydrogens is 395 g/mol. The molecule has 28 heavy (non-hydrogen) atoms. The second-order valence-corrected chi connectivity index (χ2v) is 6.65.